The van der Waals surface area contributed by atoms with Crippen molar-refractivity contribution >= 4 is 0 Å². The number of hydrogen-bond acceptors (Lipinski definition) is 2. The molecule has 0 saturated heterocycles. The zero-order valence-electron chi connectivity index (χ0n) is 6.42. The summed E-state index contributed by atoms with van der Waals surface area (Å²) in [7, 11) is 0. The molecule has 2 N–H and O–H groups in total. The Bertz CT molecular complexity index is 279. The summed E-state index contributed by atoms with van der Waals surface area (Å²) in [5, 5.41) is 17.5. The van der Waals surface area contributed by atoms with Crippen molar-refractivity contribution in [2.24, 2.45) is 0 Å². The van der Waals surface area contributed by atoms with Crippen molar-refractivity contribution in [1.82, 2.24) is 0 Å². The normalized spacial score (nSPS) is 13.0. The molecule has 0 saturated carbocycles. The summed E-state index contributed by atoms with van der Waals surface area (Å²) in [6, 6.07) is 6.06. The molecular formula is C8H7F3O2. The van der Waals surface area contributed by atoms with Gasteiger partial charge in [-0.25, -0.2) is 0 Å². The van der Waals surface area contributed by atoms with Gasteiger partial charge in [-0.1, -0.05) is 30.3 Å². The standard InChI is InChI=1S/C8H7F3O2/c9-8(10,11)7(12,13)6-4-2-1-3-5-6/h1-5,12-13H. The zero-order valence-corrected chi connectivity index (χ0v) is 6.42. The predicted octanol–water partition coefficient (Wildman–Crippen LogP) is 1.39. The van der Waals surface area contributed by atoms with Crippen LogP contribution < -0.4 is 0 Å². The molecule has 0 amide bonds. The van der Waals surface area contributed by atoms with Gasteiger partial charge in [0.15, 0.2) is 0 Å². The van der Waals surface area contributed by atoms with E-state index in [4.69, 9.17) is 10.2 Å². The van der Waals surface area contributed by atoms with Crippen LogP contribution in [0.3, 0.4) is 0 Å². The van der Waals surface area contributed by atoms with Gasteiger partial charge in [0, 0.05) is 5.56 Å². The number of aliphatic hydroxyl groups is 2. The Hall–Kier alpha value is -1.07. The van der Waals surface area contributed by atoms with Gasteiger partial charge in [-0.05, 0) is 0 Å². The second kappa shape index (κ2) is 3.01. The van der Waals surface area contributed by atoms with Gasteiger partial charge in [-0.2, -0.15) is 13.2 Å². The van der Waals surface area contributed by atoms with Crippen molar-refractivity contribution in [3.63, 3.8) is 0 Å². The van der Waals surface area contributed by atoms with Crippen molar-refractivity contribution in [3.8, 4) is 0 Å². The van der Waals surface area contributed by atoms with E-state index in [1.165, 1.54) is 18.2 Å². The topological polar surface area (TPSA) is 40.5 Å². The lowest BCUT2D eigenvalue weighted by atomic mass is 10.1. The van der Waals surface area contributed by atoms with Crippen molar-refractivity contribution in [2.45, 2.75) is 12.0 Å². The van der Waals surface area contributed by atoms with E-state index in [1.807, 2.05) is 0 Å². The van der Waals surface area contributed by atoms with Crippen LogP contribution in [0.4, 0.5) is 13.2 Å². The van der Waals surface area contributed by atoms with E-state index in [9.17, 15) is 13.2 Å². The molecule has 0 aromatic heterocycles. The number of benzene rings is 1. The number of alkyl halides is 3. The smallest absolute Gasteiger partial charge is 0.355 e. The molecule has 0 heterocycles. The average molecular weight is 192 g/mol. The molecular weight excluding hydrogens is 185 g/mol. The minimum atomic E-state index is -5.09. The highest BCUT2D eigenvalue weighted by Gasteiger charge is 2.54. The van der Waals surface area contributed by atoms with Crippen LogP contribution in [-0.2, 0) is 5.79 Å². The summed E-state index contributed by atoms with van der Waals surface area (Å²) in [5.74, 6) is -3.77. The SMILES string of the molecule is OC(O)(c1ccccc1)C(F)(F)F. The first-order chi connectivity index (χ1) is 5.86. The summed E-state index contributed by atoms with van der Waals surface area (Å²) < 4.78 is 36.1. The average Bonchev–Trinajstić information content (AvgIpc) is 2.04. The van der Waals surface area contributed by atoms with Gasteiger partial charge in [0.05, 0.1) is 0 Å². The van der Waals surface area contributed by atoms with Crippen LogP contribution >= 0.6 is 0 Å². The third-order valence-electron chi connectivity index (χ3n) is 1.57. The van der Waals surface area contributed by atoms with E-state index in [0.717, 1.165) is 12.1 Å². The lowest BCUT2D eigenvalue weighted by molar-refractivity contribution is -0.358. The van der Waals surface area contributed by atoms with E-state index in [0.29, 0.717) is 0 Å². The molecule has 0 unspecified atom stereocenters. The monoisotopic (exact) mass is 192 g/mol. The van der Waals surface area contributed by atoms with Crippen molar-refractivity contribution in [2.75, 3.05) is 0 Å². The maximum Gasteiger partial charge on any atom is 0.447 e. The number of hydrogen-bond donors (Lipinski definition) is 2. The molecule has 1 aromatic rings. The maximum atomic E-state index is 12.0. The maximum absolute atomic E-state index is 12.0. The first-order valence-electron chi connectivity index (χ1n) is 3.42. The first-order valence-corrected chi connectivity index (χ1v) is 3.42. The van der Waals surface area contributed by atoms with Gasteiger partial charge in [0.1, 0.15) is 0 Å². The van der Waals surface area contributed by atoms with E-state index in [2.05, 4.69) is 0 Å². The summed E-state index contributed by atoms with van der Waals surface area (Å²) in [4.78, 5) is 0. The van der Waals surface area contributed by atoms with Gasteiger partial charge in [0.2, 0.25) is 0 Å². The third-order valence-corrected chi connectivity index (χ3v) is 1.57. The quantitative estimate of drug-likeness (QED) is 0.660. The lowest BCUT2D eigenvalue weighted by Crippen LogP contribution is -2.41. The minimum Gasteiger partial charge on any atom is -0.355 e. The number of rotatable bonds is 1. The van der Waals surface area contributed by atoms with Crippen molar-refractivity contribution in [1.29, 1.82) is 0 Å². The van der Waals surface area contributed by atoms with E-state index in [-0.39, 0.29) is 0 Å². The van der Waals surface area contributed by atoms with Crippen LogP contribution in [0, 0.1) is 0 Å². The summed E-state index contributed by atoms with van der Waals surface area (Å²) in [6.07, 6.45) is -5.09. The molecule has 1 rings (SSSR count). The van der Waals surface area contributed by atoms with Gasteiger partial charge in [-0.15, -0.1) is 0 Å². The molecule has 72 valence electrons. The van der Waals surface area contributed by atoms with E-state index < -0.39 is 17.5 Å². The van der Waals surface area contributed by atoms with Crippen molar-refractivity contribution in [3.05, 3.63) is 35.9 Å². The molecule has 0 radical (unpaired) electrons. The van der Waals surface area contributed by atoms with Crippen LogP contribution in [0.2, 0.25) is 0 Å². The molecule has 2 nitrogen and oxygen atoms in total. The second-order valence-corrected chi connectivity index (χ2v) is 2.54. The van der Waals surface area contributed by atoms with Crippen LogP contribution in [-0.4, -0.2) is 16.4 Å². The van der Waals surface area contributed by atoms with Crippen molar-refractivity contribution < 1.29 is 23.4 Å². The molecule has 0 aliphatic carbocycles. The first kappa shape index (κ1) is 10.0. The van der Waals surface area contributed by atoms with Crippen LogP contribution in [0.1, 0.15) is 5.56 Å². The highest BCUT2D eigenvalue weighted by atomic mass is 19.4. The zero-order chi connectivity index (χ0) is 10.1. The predicted molar refractivity (Wildman–Crippen MR) is 38.6 cm³/mol. The third kappa shape index (κ3) is 1.81. The Morgan fingerprint density at radius 1 is 0.923 bits per heavy atom. The Kier molecular flexibility index (Phi) is 2.32. The summed E-state index contributed by atoms with van der Waals surface area (Å²) >= 11 is 0. The Balaban J connectivity index is 3.08. The highest BCUT2D eigenvalue weighted by Crippen LogP contribution is 2.35. The summed E-state index contributed by atoms with van der Waals surface area (Å²) in [5.41, 5.74) is -0.595. The van der Waals surface area contributed by atoms with Gasteiger partial charge in [-0.3, -0.25) is 0 Å². The lowest BCUT2D eigenvalue weighted by Gasteiger charge is -2.24. The highest BCUT2D eigenvalue weighted by molar-refractivity contribution is 5.20. The molecule has 0 spiro atoms. The molecule has 0 fully saturated rings. The van der Waals surface area contributed by atoms with Gasteiger partial charge >= 0.3 is 6.18 Å². The Labute approximate surface area is 72.2 Å². The second-order valence-electron chi connectivity index (χ2n) is 2.54. The fraction of sp³-hybridized carbons (Fsp3) is 0.250. The largest absolute Gasteiger partial charge is 0.447 e. The van der Waals surface area contributed by atoms with Crippen LogP contribution in [0.15, 0.2) is 30.3 Å². The van der Waals surface area contributed by atoms with E-state index in [1.54, 1.807) is 0 Å². The minimum absolute atomic E-state index is 0.595. The molecule has 0 aliphatic heterocycles. The Morgan fingerprint density at radius 2 is 1.38 bits per heavy atom. The molecule has 1 aromatic carbocycles. The number of halogens is 3. The summed E-state index contributed by atoms with van der Waals surface area (Å²) in [6.45, 7) is 0. The van der Waals surface area contributed by atoms with Gasteiger partial charge in [0.25, 0.3) is 5.79 Å². The fourth-order valence-electron chi connectivity index (χ4n) is 0.834. The molecule has 0 aliphatic rings. The van der Waals surface area contributed by atoms with E-state index >= 15 is 0 Å². The molecule has 0 bridgehead atoms. The molecule has 0 atom stereocenters. The van der Waals surface area contributed by atoms with Crippen LogP contribution in [0.25, 0.3) is 0 Å². The van der Waals surface area contributed by atoms with Crippen LogP contribution in [0.5, 0.6) is 0 Å². The molecule has 13 heavy (non-hydrogen) atoms. The molecule has 5 heteroatoms. The Morgan fingerprint density at radius 3 is 1.77 bits per heavy atom. The fourth-order valence-corrected chi connectivity index (χ4v) is 0.834. The van der Waals surface area contributed by atoms with Gasteiger partial charge < -0.3 is 10.2 Å².